The van der Waals surface area contributed by atoms with E-state index < -0.39 is 6.10 Å². The number of ketones is 2. The molecule has 4 unspecified atom stereocenters. The first-order chi connectivity index (χ1) is 14.1. The predicted molar refractivity (Wildman–Crippen MR) is 120 cm³/mol. The van der Waals surface area contributed by atoms with Gasteiger partial charge in [-0.15, -0.1) is 0 Å². The largest absolute Gasteiger partial charge is 0.494 e. The fraction of sp³-hybridized carbons (Fsp3) is 0.600. The molecule has 0 bridgehead atoms. The normalized spacial score (nSPS) is 24.4. The summed E-state index contributed by atoms with van der Waals surface area (Å²) < 4.78 is 10.4. The molecule has 0 aromatic heterocycles. The Morgan fingerprint density at radius 2 is 1.80 bits per heavy atom. The lowest BCUT2D eigenvalue weighted by molar-refractivity contribution is -0.128. The van der Waals surface area contributed by atoms with Crippen molar-refractivity contribution in [1.82, 2.24) is 0 Å². The molecule has 5 nitrogen and oxygen atoms in total. The second-order valence-electron chi connectivity index (χ2n) is 8.27. The van der Waals surface area contributed by atoms with Gasteiger partial charge in [-0.1, -0.05) is 49.3 Å². The Morgan fingerprint density at radius 1 is 1.13 bits per heavy atom. The van der Waals surface area contributed by atoms with E-state index in [1.54, 1.807) is 6.92 Å². The smallest absolute Gasteiger partial charge is 0.204 e. The summed E-state index contributed by atoms with van der Waals surface area (Å²) in [5, 5.41) is 10.7. The molecule has 168 valence electrons. The molecule has 4 atom stereocenters. The molecular formula is C25H38O5. The van der Waals surface area contributed by atoms with Crippen LogP contribution < -0.4 is 0 Å². The molecular weight excluding hydrogens is 380 g/mol. The summed E-state index contributed by atoms with van der Waals surface area (Å²) >= 11 is 0. The lowest BCUT2D eigenvalue weighted by Gasteiger charge is -2.33. The fourth-order valence-corrected chi connectivity index (χ4v) is 3.53. The fourth-order valence-electron chi connectivity index (χ4n) is 3.53. The molecule has 0 fully saturated rings. The number of carbonyl (C=O) groups excluding carboxylic acids is 2. The summed E-state index contributed by atoms with van der Waals surface area (Å²) in [4.78, 5) is 23.8. The van der Waals surface area contributed by atoms with Crippen LogP contribution in [0.1, 0.15) is 60.3 Å². The maximum atomic E-state index is 12.5. The van der Waals surface area contributed by atoms with E-state index in [4.69, 9.17) is 9.47 Å². The maximum absolute atomic E-state index is 12.5. The third-order valence-electron chi connectivity index (χ3n) is 5.88. The van der Waals surface area contributed by atoms with Crippen molar-refractivity contribution in [2.45, 2.75) is 66.4 Å². The lowest BCUT2D eigenvalue weighted by Crippen LogP contribution is -2.40. The molecule has 0 spiro atoms. The van der Waals surface area contributed by atoms with Crippen LogP contribution >= 0.6 is 0 Å². The van der Waals surface area contributed by atoms with E-state index in [1.807, 2.05) is 19.9 Å². The summed E-state index contributed by atoms with van der Waals surface area (Å²) in [5.74, 6) is -0.179. The van der Waals surface area contributed by atoms with E-state index in [-0.39, 0.29) is 40.8 Å². The van der Waals surface area contributed by atoms with Crippen molar-refractivity contribution in [2.24, 2.45) is 17.8 Å². The molecule has 1 aliphatic carbocycles. The van der Waals surface area contributed by atoms with Crippen molar-refractivity contribution in [3.8, 4) is 0 Å². The Morgan fingerprint density at radius 3 is 2.37 bits per heavy atom. The van der Waals surface area contributed by atoms with Crippen LogP contribution in [0.15, 0.2) is 47.0 Å². The Hall–Kier alpha value is -2.14. The van der Waals surface area contributed by atoms with E-state index in [0.717, 1.165) is 19.3 Å². The zero-order valence-corrected chi connectivity index (χ0v) is 19.5. The van der Waals surface area contributed by atoms with Gasteiger partial charge in [0, 0.05) is 17.8 Å². The monoisotopic (exact) mass is 418 g/mol. The summed E-state index contributed by atoms with van der Waals surface area (Å²) in [6.45, 7) is 9.52. The molecule has 1 N–H and O–H groups in total. The Balaban J connectivity index is 2.62. The number of aliphatic hydroxyl groups is 1. The van der Waals surface area contributed by atoms with Crippen molar-refractivity contribution in [1.29, 1.82) is 0 Å². The number of aliphatic hydroxyl groups excluding tert-OH is 1. The highest BCUT2D eigenvalue weighted by atomic mass is 16.5. The van der Waals surface area contributed by atoms with Gasteiger partial charge in [0.15, 0.2) is 5.76 Å². The molecule has 5 heteroatoms. The van der Waals surface area contributed by atoms with Crippen molar-refractivity contribution < 1.29 is 24.2 Å². The molecule has 1 aliphatic rings. The standard InChI is InChI=1S/C25H38O5/c1-16(12-9-13-18(3)20(5)26)10-8-11-17(2)14-15-21-19(4)22(27)24(29-6)25(30-7)23(21)28/h9-10,13-14,18-19,21,23,28H,8,11-12,15H2,1-7H3/b13-9+,16-10?,17-14?. The molecule has 30 heavy (non-hydrogen) atoms. The van der Waals surface area contributed by atoms with Gasteiger partial charge in [-0.25, -0.2) is 0 Å². The van der Waals surface area contributed by atoms with Crippen LogP contribution in [0.3, 0.4) is 0 Å². The Labute approximate surface area is 181 Å². The van der Waals surface area contributed by atoms with Gasteiger partial charge < -0.3 is 14.6 Å². The first kappa shape index (κ1) is 25.9. The van der Waals surface area contributed by atoms with Gasteiger partial charge in [0.05, 0.1) is 14.2 Å². The highest BCUT2D eigenvalue weighted by Crippen LogP contribution is 2.35. The maximum Gasteiger partial charge on any atom is 0.204 e. The summed E-state index contributed by atoms with van der Waals surface area (Å²) in [5.41, 5.74) is 2.51. The van der Waals surface area contributed by atoms with Gasteiger partial charge in [0.2, 0.25) is 11.5 Å². The van der Waals surface area contributed by atoms with Crippen LogP contribution in [0.25, 0.3) is 0 Å². The lowest BCUT2D eigenvalue weighted by atomic mass is 9.77. The third kappa shape index (κ3) is 7.28. The van der Waals surface area contributed by atoms with E-state index in [1.165, 1.54) is 25.4 Å². The Kier molecular flexibility index (Phi) is 10.8. The van der Waals surface area contributed by atoms with Crippen molar-refractivity contribution >= 4 is 11.6 Å². The number of hydrogen-bond donors (Lipinski definition) is 1. The van der Waals surface area contributed by atoms with Crippen LogP contribution in [0, 0.1) is 17.8 Å². The van der Waals surface area contributed by atoms with E-state index in [9.17, 15) is 14.7 Å². The van der Waals surface area contributed by atoms with Crippen LogP contribution in [0.2, 0.25) is 0 Å². The van der Waals surface area contributed by atoms with Gasteiger partial charge in [0.25, 0.3) is 0 Å². The van der Waals surface area contributed by atoms with Crippen LogP contribution in [0.5, 0.6) is 0 Å². The third-order valence-corrected chi connectivity index (χ3v) is 5.88. The zero-order chi connectivity index (χ0) is 22.8. The zero-order valence-electron chi connectivity index (χ0n) is 19.5. The summed E-state index contributed by atoms with van der Waals surface area (Å²) in [6, 6.07) is 0. The number of rotatable bonds is 11. The van der Waals surface area contributed by atoms with Crippen molar-refractivity contribution in [2.75, 3.05) is 14.2 Å². The number of methoxy groups -OCH3 is 2. The van der Waals surface area contributed by atoms with Gasteiger partial charge in [0.1, 0.15) is 11.9 Å². The minimum atomic E-state index is -0.854. The van der Waals surface area contributed by atoms with Crippen LogP contribution in [0.4, 0.5) is 0 Å². The summed E-state index contributed by atoms with van der Waals surface area (Å²) in [7, 11) is 2.87. The van der Waals surface area contributed by atoms with E-state index >= 15 is 0 Å². The second-order valence-corrected chi connectivity index (χ2v) is 8.27. The predicted octanol–water partition coefficient (Wildman–Crippen LogP) is 4.92. The van der Waals surface area contributed by atoms with Crippen LogP contribution in [-0.4, -0.2) is 37.0 Å². The van der Waals surface area contributed by atoms with Crippen LogP contribution in [-0.2, 0) is 19.1 Å². The van der Waals surface area contributed by atoms with Gasteiger partial charge in [-0.3, -0.25) is 9.59 Å². The van der Waals surface area contributed by atoms with Crippen molar-refractivity contribution in [3.63, 3.8) is 0 Å². The SMILES string of the molecule is COC1=C(OC)C(O)C(CC=C(C)CCC=C(C)C/C=C/C(C)C(C)=O)C(C)C1=O. The average Bonchev–Trinajstić information content (AvgIpc) is 2.70. The number of allylic oxidation sites excluding steroid dienone is 7. The first-order valence-corrected chi connectivity index (χ1v) is 10.7. The number of carbonyl (C=O) groups is 2. The molecule has 0 aromatic rings. The number of ether oxygens (including phenoxy) is 2. The molecule has 0 aliphatic heterocycles. The highest BCUT2D eigenvalue weighted by molar-refractivity contribution is 5.97. The van der Waals surface area contributed by atoms with Crippen molar-refractivity contribution in [3.05, 3.63) is 47.0 Å². The molecule has 0 radical (unpaired) electrons. The minimum Gasteiger partial charge on any atom is -0.494 e. The second kappa shape index (κ2) is 12.5. The molecule has 0 amide bonds. The molecule has 0 saturated carbocycles. The number of Topliss-reactive ketones (excluding diaryl/α,β-unsaturated/α-hetero) is 2. The highest BCUT2D eigenvalue weighted by Gasteiger charge is 2.42. The van der Waals surface area contributed by atoms with Gasteiger partial charge >= 0.3 is 0 Å². The van der Waals surface area contributed by atoms with E-state index in [0.29, 0.717) is 6.42 Å². The Bertz CT molecular complexity index is 726. The molecule has 0 aromatic carbocycles. The number of hydrogen-bond acceptors (Lipinski definition) is 5. The van der Waals surface area contributed by atoms with E-state index in [2.05, 4.69) is 32.1 Å². The average molecular weight is 419 g/mol. The quantitative estimate of drug-likeness (QED) is 0.482. The molecule has 0 saturated heterocycles. The van der Waals surface area contributed by atoms with Gasteiger partial charge in [-0.2, -0.15) is 0 Å². The first-order valence-electron chi connectivity index (χ1n) is 10.7. The van der Waals surface area contributed by atoms with Gasteiger partial charge in [-0.05, 0) is 46.5 Å². The molecule has 0 heterocycles. The minimum absolute atomic E-state index is 0.0270. The topological polar surface area (TPSA) is 72.8 Å². The molecule has 1 rings (SSSR count). The summed E-state index contributed by atoms with van der Waals surface area (Å²) in [6.07, 6.45) is 10.8.